The monoisotopic (exact) mass is 199 g/mol. The van der Waals surface area contributed by atoms with E-state index in [1.807, 2.05) is 0 Å². The number of nitrogens with zero attached hydrogens (tertiary/aromatic N) is 1. The maximum absolute atomic E-state index is 11.7. The molecule has 0 aromatic heterocycles. The van der Waals surface area contributed by atoms with Gasteiger partial charge in [-0.15, -0.1) is 0 Å². The van der Waals surface area contributed by atoms with Crippen LogP contribution in [0.25, 0.3) is 0 Å². The Labute approximate surface area is 86.3 Å². The molecule has 0 spiro atoms. The molecule has 0 bridgehead atoms. The highest BCUT2D eigenvalue weighted by Crippen LogP contribution is 2.23. The van der Waals surface area contributed by atoms with E-state index in [0.717, 1.165) is 0 Å². The second-order valence-electron chi connectivity index (χ2n) is 4.43. The van der Waals surface area contributed by atoms with Gasteiger partial charge in [0.1, 0.15) is 0 Å². The van der Waals surface area contributed by atoms with Gasteiger partial charge in [0, 0.05) is 19.7 Å². The minimum atomic E-state index is -0.120. The lowest BCUT2D eigenvalue weighted by atomic mass is 9.88. The van der Waals surface area contributed by atoms with E-state index in [1.165, 1.54) is 5.12 Å². The summed E-state index contributed by atoms with van der Waals surface area (Å²) in [6, 6.07) is 0. The number of rotatable bonds is 4. The van der Waals surface area contributed by atoms with Crippen LogP contribution in [0.3, 0.4) is 0 Å². The molecule has 0 saturated carbocycles. The van der Waals surface area contributed by atoms with Crippen LogP contribution in [0.5, 0.6) is 0 Å². The predicted octanol–water partition coefficient (Wildman–Crippen LogP) is 1.08. The van der Waals surface area contributed by atoms with Gasteiger partial charge < -0.3 is 0 Å². The molecule has 0 aliphatic carbocycles. The van der Waals surface area contributed by atoms with Gasteiger partial charge in [0.05, 0.1) is 0 Å². The number of hydrazine groups is 2. The summed E-state index contributed by atoms with van der Waals surface area (Å²) in [6.45, 7) is 10.0. The molecule has 0 aromatic carbocycles. The highest BCUT2D eigenvalue weighted by atomic mass is 16.2. The molecule has 4 nitrogen and oxygen atoms in total. The van der Waals surface area contributed by atoms with Crippen LogP contribution < -0.4 is 10.9 Å². The zero-order valence-corrected chi connectivity index (χ0v) is 9.77. The fraction of sp³-hybridized carbons (Fsp3) is 0.700. The van der Waals surface area contributed by atoms with E-state index in [0.29, 0.717) is 12.0 Å². The predicted molar refractivity (Wildman–Crippen MR) is 58.2 cm³/mol. The third-order valence-corrected chi connectivity index (χ3v) is 1.70. The van der Waals surface area contributed by atoms with Crippen LogP contribution in [-0.2, 0) is 4.79 Å². The van der Waals surface area contributed by atoms with Crippen LogP contribution in [0.2, 0.25) is 0 Å². The van der Waals surface area contributed by atoms with Gasteiger partial charge in [-0.25, -0.2) is 16.0 Å². The summed E-state index contributed by atoms with van der Waals surface area (Å²) >= 11 is 0. The summed E-state index contributed by atoms with van der Waals surface area (Å²) in [5.41, 5.74) is 6.14. The van der Waals surface area contributed by atoms with Crippen molar-refractivity contribution in [3.63, 3.8) is 0 Å². The van der Waals surface area contributed by atoms with Crippen molar-refractivity contribution in [2.45, 2.75) is 27.2 Å². The zero-order valence-electron chi connectivity index (χ0n) is 9.77. The molecular formula is C10H21N3O. The Bertz CT molecular complexity index is 214. The standard InChI is InChI=1S/C10H21N3O/c1-8(7-10(2,3)4)9(14)13(11-5)12-6/h11-12H,1,7H2,2-6H3. The first-order chi connectivity index (χ1) is 6.31. The SMILES string of the molecule is C=C(CC(C)(C)C)C(=O)N(NC)NC. The maximum atomic E-state index is 11.7. The van der Waals surface area contributed by atoms with Crippen molar-refractivity contribution in [3.8, 4) is 0 Å². The Kier molecular flexibility index (Phi) is 4.80. The summed E-state index contributed by atoms with van der Waals surface area (Å²) in [4.78, 5) is 11.7. The minimum absolute atomic E-state index is 0.0832. The third-order valence-electron chi connectivity index (χ3n) is 1.70. The lowest BCUT2D eigenvalue weighted by Crippen LogP contribution is -2.49. The summed E-state index contributed by atoms with van der Waals surface area (Å²) in [7, 11) is 3.36. The highest BCUT2D eigenvalue weighted by molar-refractivity contribution is 5.92. The van der Waals surface area contributed by atoms with Gasteiger partial charge >= 0.3 is 0 Å². The molecule has 1 amide bonds. The van der Waals surface area contributed by atoms with E-state index in [1.54, 1.807) is 14.1 Å². The Morgan fingerprint density at radius 3 is 2.00 bits per heavy atom. The van der Waals surface area contributed by atoms with E-state index >= 15 is 0 Å². The van der Waals surface area contributed by atoms with Crippen LogP contribution in [0, 0.1) is 5.41 Å². The Morgan fingerprint density at radius 2 is 1.71 bits per heavy atom. The average Bonchev–Trinajstić information content (AvgIpc) is 2.03. The van der Waals surface area contributed by atoms with Gasteiger partial charge in [-0.3, -0.25) is 4.79 Å². The van der Waals surface area contributed by atoms with Crippen LogP contribution >= 0.6 is 0 Å². The highest BCUT2D eigenvalue weighted by Gasteiger charge is 2.20. The van der Waals surface area contributed by atoms with Gasteiger partial charge in [-0.05, 0) is 11.8 Å². The molecule has 14 heavy (non-hydrogen) atoms. The van der Waals surface area contributed by atoms with Crippen molar-refractivity contribution in [3.05, 3.63) is 12.2 Å². The number of nitrogens with one attached hydrogen (secondary N) is 2. The second-order valence-corrected chi connectivity index (χ2v) is 4.43. The fourth-order valence-electron chi connectivity index (χ4n) is 1.19. The van der Waals surface area contributed by atoms with E-state index in [-0.39, 0.29) is 11.3 Å². The molecule has 0 saturated heterocycles. The second kappa shape index (κ2) is 5.12. The van der Waals surface area contributed by atoms with Crippen molar-refractivity contribution >= 4 is 5.91 Å². The first kappa shape index (κ1) is 13.1. The normalized spacial score (nSPS) is 11.2. The molecule has 0 rings (SSSR count). The molecule has 0 aliphatic rings. The van der Waals surface area contributed by atoms with E-state index in [9.17, 15) is 4.79 Å². The summed E-state index contributed by atoms with van der Waals surface area (Å²) in [6.07, 6.45) is 0.686. The number of hydrogen-bond donors (Lipinski definition) is 2. The van der Waals surface area contributed by atoms with Crippen LogP contribution in [-0.4, -0.2) is 25.1 Å². The van der Waals surface area contributed by atoms with Crippen molar-refractivity contribution < 1.29 is 4.79 Å². The molecule has 0 fully saturated rings. The Hall–Kier alpha value is -0.870. The lowest BCUT2D eigenvalue weighted by molar-refractivity contribution is -0.133. The van der Waals surface area contributed by atoms with Crippen LogP contribution in [0.1, 0.15) is 27.2 Å². The topological polar surface area (TPSA) is 44.4 Å². The third kappa shape index (κ3) is 4.39. The van der Waals surface area contributed by atoms with Crippen LogP contribution in [0.4, 0.5) is 0 Å². The van der Waals surface area contributed by atoms with Crippen molar-refractivity contribution in [2.75, 3.05) is 14.1 Å². The molecule has 0 aliphatic heterocycles. The first-order valence-corrected chi connectivity index (χ1v) is 4.69. The number of hydrogen-bond acceptors (Lipinski definition) is 3. The van der Waals surface area contributed by atoms with Gasteiger partial charge in [0.25, 0.3) is 5.91 Å². The van der Waals surface area contributed by atoms with E-state index in [2.05, 4.69) is 38.2 Å². The molecule has 0 radical (unpaired) electrons. The molecule has 0 unspecified atom stereocenters. The Morgan fingerprint density at radius 1 is 1.29 bits per heavy atom. The Balaban J connectivity index is 4.32. The van der Waals surface area contributed by atoms with Gasteiger partial charge in [-0.1, -0.05) is 27.4 Å². The van der Waals surface area contributed by atoms with E-state index < -0.39 is 0 Å². The fourth-order valence-corrected chi connectivity index (χ4v) is 1.19. The van der Waals surface area contributed by atoms with Gasteiger partial charge in [-0.2, -0.15) is 0 Å². The molecule has 0 heterocycles. The number of carbonyl (C=O) groups is 1. The molecule has 2 N–H and O–H groups in total. The summed E-state index contributed by atoms with van der Waals surface area (Å²) in [5.74, 6) is -0.120. The van der Waals surface area contributed by atoms with Crippen molar-refractivity contribution in [1.82, 2.24) is 16.0 Å². The molecule has 4 heteroatoms. The minimum Gasteiger partial charge on any atom is -0.267 e. The van der Waals surface area contributed by atoms with Crippen molar-refractivity contribution in [2.24, 2.45) is 5.41 Å². The molecule has 82 valence electrons. The summed E-state index contributed by atoms with van der Waals surface area (Å²) < 4.78 is 0. The average molecular weight is 199 g/mol. The van der Waals surface area contributed by atoms with Gasteiger partial charge in [0.15, 0.2) is 0 Å². The first-order valence-electron chi connectivity index (χ1n) is 4.69. The quantitative estimate of drug-likeness (QED) is 0.526. The number of amides is 1. The smallest absolute Gasteiger partial charge is 0.267 e. The zero-order chi connectivity index (χ0) is 11.4. The summed E-state index contributed by atoms with van der Waals surface area (Å²) in [5, 5.41) is 1.31. The molecule has 0 aromatic rings. The van der Waals surface area contributed by atoms with E-state index in [4.69, 9.17) is 0 Å². The number of carbonyl (C=O) groups excluding carboxylic acids is 1. The lowest BCUT2D eigenvalue weighted by Gasteiger charge is -2.24. The molecule has 0 atom stereocenters. The van der Waals surface area contributed by atoms with Crippen LogP contribution in [0.15, 0.2) is 12.2 Å². The largest absolute Gasteiger partial charge is 0.278 e. The van der Waals surface area contributed by atoms with Crippen molar-refractivity contribution in [1.29, 1.82) is 0 Å². The van der Waals surface area contributed by atoms with Gasteiger partial charge in [0.2, 0.25) is 0 Å². The maximum Gasteiger partial charge on any atom is 0.278 e. The molecular weight excluding hydrogens is 178 g/mol.